The zero-order valence-electron chi connectivity index (χ0n) is 6.79. The van der Waals surface area contributed by atoms with Crippen molar-refractivity contribution in [3.63, 3.8) is 0 Å². The van der Waals surface area contributed by atoms with E-state index in [0.29, 0.717) is 6.54 Å². The quantitative estimate of drug-likeness (QED) is 0.548. The summed E-state index contributed by atoms with van der Waals surface area (Å²) in [6.45, 7) is 3.42. The van der Waals surface area contributed by atoms with Gasteiger partial charge in [-0.05, 0) is 15.4 Å². The molecule has 0 saturated carbocycles. The van der Waals surface area contributed by atoms with Crippen LogP contribution in [-0.4, -0.2) is 52.7 Å². The van der Waals surface area contributed by atoms with Gasteiger partial charge in [-0.1, -0.05) is 0 Å². The number of rotatable bonds is 2. The summed E-state index contributed by atoms with van der Waals surface area (Å²) in [6.07, 6.45) is 0. The third-order valence-corrected chi connectivity index (χ3v) is 3.86. The highest BCUT2D eigenvalue weighted by molar-refractivity contribution is 8.00. The van der Waals surface area contributed by atoms with Crippen LogP contribution in [-0.2, 0) is 9.52 Å². The molecule has 4 heteroatoms. The first kappa shape index (κ1) is 9.03. The molecule has 1 heterocycles. The normalized spacial score (nSPS) is 25.2. The summed E-state index contributed by atoms with van der Waals surface area (Å²) in [7, 11) is -1.72. The lowest BCUT2D eigenvalue weighted by Gasteiger charge is -2.27. The van der Waals surface area contributed by atoms with Crippen LogP contribution in [0.25, 0.3) is 0 Å². The van der Waals surface area contributed by atoms with Crippen molar-refractivity contribution in [3.05, 3.63) is 0 Å². The highest BCUT2D eigenvalue weighted by Gasteiger charge is 2.15. The monoisotopic (exact) mass is 176 g/mol. The van der Waals surface area contributed by atoms with Gasteiger partial charge in [-0.25, -0.2) is 0 Å². The lowest BCUT2D eigenvalue weighted by Crippen LogP contribution is -2.42. The third kappa shape index (κ3) is 2.81. The van der Waals surface area contributed by atoms with Crippen LogP contribution in [0, 0.1) is 0 Å². The molecular formula is C7H16N2OS. The Morgan fingerprint density at radius 2 is 2.00 bits per heavy atom. The molecule has 2 N–H and O–H groups in total. The molecule has 0 atom stereocenters. The van der Waals surface area contributed by atoms with E-state index < -0.39 is 9.52 Å². The van der Waals surface area contributed by atoms with Gasteiger partial charge in [-0.3, -0.25) is 4.21 Å². The second kappa shape index (κ2) is 3.56. The fraction of sp³-hybridized carbons (Fsp3) is 0.857. The Morgan fingerprint density at radius 1 is 1.45 bits per heavy atom. The van der Waals surface area contributed by atoms with Crippen molar-refractivity contribution >= 4 is 15.4 Å². The maximum Gasteiger partial charge on any atom is 0.0287 e. The Morgan fingerprint density at radius 3 is 2.45 bits per heavy atom. The van der Waals surface area contributed by atoms with Crippen molar-refractivity contribution in [2.24, 2.45) is 5.73 Å². The molecule has 0 bridgehead atoms. The van der Waals surface area contributed by atoms with Crippen LogP contribution in [0.5, 0.6) is 0 Å². The molecule has 11 heavy (non-hydrogen) atoms. The van der Waals surface area contributed by atoms with E-state index >= 15 is 0 Å². The smallest absolute Gasteiger partial charge is 0.0287 e. The van der Waals surface area contributed by atoms with Crippen molar-refractivity contribution < 1.29 is 4.21 Å². The zero-order valence-corrected chi connectivity index (χ0v) is 7.61. The van der Waals surface area contributed by atoms with E-state index in [1.54, 1.807) is 0 Å². The van der Waals surface area contributed by atoms with E-state index in [2.05, 4.69) is 10.8 Å². The molecule has 0 spiro atoms. The first-order valence-corrected chi connectivity index (χ1v) is 5.96. The minimum Gasteiger partial charge on any atom is -0.329 e. The molecule has 1 saturated heterocycles. The van der Waals surface area contributed by atoms with Crippen LogP contribution in [0.15, 0.2) is 0 Å². The molecule has 0 aliphatic carbocycles. The minimum absolute atomic E-state index is 0.693. The van der Waals surface area contributed by atoms with Crippen molar-refractivity contribution in [2.45, 2.75) is 0 Å². The molecular weight excluding hydrogens is 160 g/mol. The average Bonchev–Trinajstić information content (AvgIpc) is 1.94. The van der Waals surface area contributed by atoms with E-state index in [4.69, 9.17) is 5.73 Å². The van der Waals surface area contributed by atoms with Crippen molar-refractivity contribution in [3.8, 4) is 0 Å². The fourth-order valence-corrected chi connectivity index (χ4v) is 2.60. The van der Waals surface area contributed by atoms with Crippen LogP contribution in [0.1, 0.15) is 0 Å². The van der Waals surface area contributed by atoms with Gasteiger partial charge in [-0.2, -0.15) is 0 Å². The predicted octanol–water partition coefficient (Wildman–Crippen LogP) is -1.02. The number of nitrogens with two attached hydrogens (primary N) is 1. The lowest BCUT2D eigenvalue weighted by atomic mass is 10.5. The molecule has 1 aliphatic rings. The summed E-state index contributed by atoms with van der Waals surface area (Å²) < 4.78 is 11.4. The van der Waals surface area contributed by atoms with Gasteiger partial charge in [0.1, 0.15) is 0 Å². The Bertz CT molecular complexity index is 196. The topological polar surface area (TPSA) is 46.3 Å². The van der Waals surface area contributed by atoms with Crippen LogP contribution >= 0.6 is 0 Å². The molecule has 0 radical (unpaired) electrons. The molecule has 0 aromatic carbocycles. The van der Waals surface area contributed by atoms with Gasteiger partial charge in [-0.15, -0.1) is 0 Å². The molecule has 1 rings (SSSR count). The van der Waals surface area contributed by atoms with Crippen LogP contribution < -0.4 is 5.73 Å². The molecule has 0 unspecified atom stereocenters. The molecule has 66 valence electrons. The summed E-state index contributed by atoms with van der Waals surface area (Å²) >= 11 is 0. The predicted molar refractivity (Wildman–Crippen MR) is 50.5 cm³/mol. The van der Waals surface area contributed by atoms with E-state index in [1.165, 1.54) is 0 Å². The first-order chi connectivity index (χ1) is 5.14. The standard InChI is InChI=1S/C7H16N2OS/c1-11(10)6-4-9(3-2-8)5-7-11/h1-8H2. The van der Waals surface area contributed by atoms with Crippen molar-refractivity contribution in [1.82, 2.24) is 4.90 Å². The largest absolute Gasteiger partial charge is 0.329 e. The molecule has 0 amide bonds. The van der Waals surface area contributed by atoms with Crippen molar-refractivity contribution in [2.75, 3.05) is 37.7 Å². The number of nitrogens with zero attached hydrogens (tertiary/aromatic N) is 1. The van der Waals surface area contributed by atoms with E-state index in [1.807, 2.05) is 0 Å². The van der Waals surface area contributed by atoms with Gasteiger partial charge in [0.2, 0.25) is 0 Å². The van der Waals surface area contributed by atoms with Crippen LogP contribution in [0.4, 0.5) is 0 Å². The fourth-order valence-electron chi connectivity index (χ4n) is 1.21. The summed E-state index contributed by atoms with van der Waals surface area (Å²) in [5.41, 5.74) is 5.40. The molecule has 1 aliphatic heterocycles. The summed E-state index contributed by atoms with van der Waals surface area (Å²) in [4.78, 5) is 2.24. The van der Waals surface area contributed by atoms with Gasteiger partial charge < -0.3 is 10.6 Å². The average molecular weight is 176 g/mol. The number of hydrogen-bond donors (Lipinski definition) is 1. The molecule has 0 aromatic heterocycles. The van der Waals surface area contributed by atoms with Gasteiger partial charge in [0.25, 0.3) is 0 Å². The number of hydrogen-bond acceptors (Lipinski definition) is 3. The van der Waals surface area contributed by atoms with Gasteiger partial charge >= 0.3 is 0 Å². The van der Waals surface area contributed by atoms with Crippen molar-refractivity contribution in [1.29, 1.82) is 0 Å². The molecule has 3 nitrogen and oxygen atoms in total. The maximum absolute atomic E-state index is 11.4. The van der Waals surface area contributed by atoms with E-state index in [9.17, 15) is 4.21 Å². The maximum atomic E-state index is 11.4. The highest BCUT2D eigenvalue weighted by Crippen LogP contribution is 2.01. The molecule has 0 aromatic rings. The minimum atomic E-state index is -1.72. The summed E-state index contributed by atoms with van der Waals surface area (Å²) in [6, 6.07) is 0. The summed E-state index contributed by atoms with van der Waals surface area (Å²) in [5.74, 6) is 5.18. The zero-order chi connectivity index (χ0) is 8.32. The Labute approximate surface area is 68.6 Å². The molecule has 1 fully saturated rings. The third-order valence-electron chi connectivity index (χ3n) is 2.00. The second-order valence-electron chi connectivity index (χ2n) is 3.00. The Hall–Kier alpha value is -0.0600. The van der Waals surface area contributed by atoms with Gasteiger partial charge in [0.15, 0.2) is 0 Å². The summed E-state index contributed by atoms with van der Waals surface area (Å²) in [5, 5.41) is 0. The van der Waals surface area contributed by atoms with E-state index in [0.717, 1.165) is 31.1 Å². The van der Waals surface area contributed by atoms with Gasteiger partial charge in [0.05, 0.1) is 0 Å². The Balaban J connectivity index is 2.36. The second-order valence-corrected chi connectivity index (χ2v) is 5.75. The van der Waals surface area contributed by atoms with E-state index in [-0.39, 0.29) is 0 Å². The Kier molecular flexibility index (Phi) is 2.92. The van der Waals surface area contributed by atoms with Crippen LogP contribution in [0.2, 0.25) is 0 Å². The van der Waals surface area contributed by atoms with Gasteiger partial charge in [0, 0.05) is 37.7 Å². The first-order valence-electron chi connectivity index (χ1n) is 3.89. The highest BCUT2D eigenvalue weighted by atomic mass is 32.2. The lowest BCUT2D eigenvalue weighted by molar-refractivity contribution is 0.308. The van der Waals surface area contributed by atoms with Crippen LogP contribution in [0.3, 0.4) is 0 Å². The SMILES string of the molecule is C=S1(=O)CCN(CCN)CC1.